The molecule has 2 aromatic heterocycles. The molecule has 1 aliphatic carbocycles. The molecular formula is C11H10N6O. The van der Waals surface area contributed by atoms with E-state index in [1.165, 1.54) is 6.33 Å². The minimum absolute atomic E-state index is 0.0985. The molecule has 1 aliphatic rings. The molecule has 0 amide bonds. The van der Waals surface area contributed by atoms with Gasteiger partial charge in [0, 0.05) is 0 Å². The fraction of sp³-hybridized carbons (Fsp3) is 0.0909. The third kappa shape index (κ3) is 1.81. The predicted molar refractivity (Wildman–Crippen MR) is 67.9 cm³/mol. The second-order valence-corrected chi connectivity index (χ2v) is 3.86. The first-order valence-corrected chi connectivity index (χ1v) is 5.37. The van der Waals surface area contributed by atoms with Crippen LogP contribution in [0.5, 0.6) is 0 Å². The lowest BCUT2D eigenvalue weighted by atomic mass is 10.1. The van der Waals surface area contributed by atoms with Gasteiger partial charge in [-0.05, 0) is 12.2 Å². The van der Waals surface area contributed by atoms with Crippen molar-refractivity contribution in [3.05, 3.63) is 41.0 Å². The summed E-state index contributed by atoms with van der Waals surface area (Å²) < 4.78 is 0. The summed E-state index contributed by atoms with van der Waals surface area (Å²) >= 11 is 0. The third-order valence-electron chi connectivity index (χ3n) is 2.57. The van der Waals surface area contributed by atoms with E-state index < -0.39 is 0 Å². The number of nitrogens with zero attached hydrogens (tertiary/aromatic N) is 2. The summed E-state index contributed by atoms with van der Waals surface area (Å²) in [7, 11) is 0. The summed E-state index contributed by atoms with van der Waals surface area (Å²) in [4.78, 5) is 25.2. The van der Waals surface area contributed by atoms with Crippen molar-refractivity contribution >= 4 is 22.8 Å². The lowest BCUT2D eigenvalue weighted by molar-refractivity contribution is 1.03. The lowest BCUT2D eigenvalue weighted by Crippen LogP contribution is -2.21. The molecule has 2 aromatic rings. The van der Waals surface area contributed by atoms with Gasteiger partial charge in [0.1, 0.15) is 0 Å². The van der Waals surface area contributed by atoms with E-state index >= 15 is 0 Å². The number of aromatic amines is 2. The molecule has 0 saturated carbocycles. The van der Waals surface area contributed by atoms with Crippen LogP contribution < -0.4 is 10.9 Å². The van der Waals surface area contributed by atoms with Gasteiger partial charge < -0.3 is 15.7 Å². The smallest absolute Gasteiger partial charge is 0.278 e. The quantitative estimate of drug-likeness (QED) is 0.617. The van der Waals surface area contributed by atoms with Gasteiger partial charge >= 0.3 is 0 Å². The number of allylic oxidation sites excluding steroid dienone is 2. The van der Waals surface area contributed by atoms with Crippen LogP contribution in [0.2, 0.25) is 0 Å². The Morgan fingerprint density at radius 1 is 1.33 bits per heavy atom. The molecular weight excluding hydrogens is 232 g/mol. The summed E-state index contributed by atoms with van der Waals surface area (Å²) in [6.45, 7) is 0. The largest absolute Gasteiger partial charge is 0.346 e. The predicted octanol–water partition coefficient (Wildman–Crippen LogP) is 0.572. The maximum atomic E-state index is 11.7. The van der Waals surface area contributed by atoms with Gasteiger partial charge in [-0.15, -0.1) is 0 Å². The standard InChI is InChI=1S/C11H10N6O/c12-6-1-3-7(4-2-6)15-11-16-9-8(10(18)17-11)13-5-14-9/h1-5,7,12H,(H3,13,14,15,16,17,18). The number of H-pyrrole nitrogens is 2. The topological polar surface area (TPSA) is 110 Å². The Morgan fingerprint density at radius 3 is 2.89 bits per heavy atom. The van der Waals surface area contributed by atoms with Crippen molar-refractivity contribution in [2.75, 3.05) is 5.32 Å². The first-order valence-electron chi connectivity index (χ1n) is 5.37. The van der Waals surface area contributed by atoms with Crippen molar-refractivity contribution in [1.29, 1.82) is 5.41 Å². The lowest BCUT2D eigenvalue weighted by Gasteiger charge is -2.13. The van der Waals surface area contributed by atoms with Crippen LogP contribution >= 0.6 is 0 Å². The van der Waals surface area contributed by atoms with Gasteiger partial charge in [-0.25, -0.2) is 4.98 Å². The highest BCUT2D eigenvalue weighted by Crippen LogP contribution is 2.07. The number of rotatable bonds is 2. The summed E-state index contributed by atoms with van der Waals surface area (Å²) in [6.07, 6.45) is 8.43. The molecule has 4 N–H and O–H groups in total. The molecule has 0 atom stereocenters. The van der Waals surface area contributed by atoms with Gasteiger partial charge in [-0.2, -0.15) is 4.98 Å². The van der Waals surface area contributed by atoms with Gasteiger partial charge in [0.05, 0.1) is 18.1 Å². The van der Waals surface area contributed by atoms with Crippen molar-refractivity contribution in [3.63, 3.8) is 0 Å². The van der Waals surface area contributed by atoms with E-state index in [2.05, 4.69) is 25.3 Å². The summed E-state index contributed by atoms with van der Waals surface area (Å²) in [5.74, 6) is 0.354. The first kappa shape index (κ1) is 10.5. The zero-order valence-electron chi connectivity index (χ0n) is 9.27. The molecule has 90 valence electrons. The highest BCUT2D eigenvalue weighted by atomic mass is 16.1. The third-order valence-corrected chi connectivity index (χ3v) is 2.57. The van der Waals surface area contributed by atoms with Crippen molar-refractivity contribution in [1.82, 2.24) is 19.9 Å². The average Bonchev–Trinajstić information content (AvgIpc) is 2.81. The Morgan fingerprint density at radius 2 is 2.11 bits per heavy atom. The van der Waals surface area contributed by atoms with Gasteiger partial charge in [0.25, 0.3) is 5.56 Å². The molecule has 0 unspecified atom stereocenters. The maximum Gasteiger partial charge on any atom is 0.278 e. The second-order valence-electron chi connectivity index (χ2n) is 3.86. The number of hydrogen-bond donors (Lipinski definition) is 4. The van der Waals surface area contributed by atoms with Crippen LogP contribution in [0.3, 0.4) is 0 Å². The van der Waals surface area contributed by atoms with E-state index in [0.29, 0.717) is 22.8 Å². The number of hydrogen-bond acceptors (Lipinski definition) is 5. The minimum Gasteiger partial charge on any atom is -0.346 e. The van der Waals surface area contributed by atoms with Crippen LogP contribution in [0.15, 0.2) is 35.4 Å². The van der Waals surface area contributed by atoms with E-state index in [0.717, 1.165) is 0 Å². The average molecular weight is 242 g/mol. The van der Waals surface area contributed by atoms with Crippen molar-refractivity contribution < 1.29 is 0 Å². The van der Waals surface area contributed by atoms with Crippen LogP contribution in [-0.2, 0) is 0 Å². The second kappa shape index (κ2) is 3.95. The number of anilines is 1. The monoisotopic (exact) mass is 242 g/mol. The van der Waals surface area contributed by atoms with E-state index in [1.807, 2.05) is 12.2 Å². The molecule has 3 rings (SSSR count). The molecule has 0 spiro atoms. The van der Waals surface area contributed by atoms with Gasteiger partial charge in [0.15, 0.2) is 11.2 Å². The zero-order chi connectivity index (χ0) is 12.5. The molecule has 0 radical (unpaired) electrons. The number of imidazole rings is 1. The number of aromatic nitrogens is 4. The molecule has 0 aromatic carbocycles. The molecule has 0 saturated heterocycles. The Balaban J connectivity index is 1.91. The normalized spacial score (nSPS) is 18.4. The van der Waals surface area contributed by atoms with E-state index in [1.54, 1.807) is 12.2 Å². The molecule has 18 heavy (non-hydrogen) atoms. The van der Waals surface area contributed by atoms with Crippen LogP contribution in [0.1, 0.15) is 0 Å². The fourth-order valence-electron chi connectivity index (χ4n) is 1.70. The minimum atomic E-state index is -0.267. The maximum absolute atomic E-state index is 11.7. The van der Waals surface area contributed by atoms with Crippen molar-refractivity contribution in [2.24, 2.45) is 0 Å². The molecule has 7 heteroatoms. The Hall–Kier alpha value is -2.70. The van der Waals surface area contributed by atoms with Gasteiger partial charge in [-0.1, -0.05) is 12.2 Å². The Labute approximate surface area is 101 Å². The SMILES string of the molecule is N=C1C=CC(Nc2nc3nc[nH]c3c(=O)[nH]2)C=C1. The highest BCUT2D eigenvalue weighted by molar-refractivity contribution is 6.02. The number of nitrogens with one attached hydrogen (secondary N) is 4. The Bertz CT molecular complexity index is 706. The summed E-state index contributed by atoms with van der Waals surface area (Å²) in [5, 5.41) is 10.4. The number of fused-ring (bicyclic) bond motifs is 1. The molecule has 0 aliphatic heterocycles. The summed E-state index contributed by atoms with van der Waals surface area (Å²) in [5.41, 5.74) is 0.906. The molecule has 2 heterocycles. The van der Waals surface area contributed by atoms with E-state index in [9.17, 15) is 4.79 Å². The van der Waals surface area contributed by atoms with Crippen molar-refractivity contribution in [3.8, 4) is 0 Å². The first-order chi connectivity index (χ1) is 8.72. The van der Waals surface area contributed by atoms with Crippen LogP contribution in [0, 0.1) is 5.41 Å². The van der Waals surface area contributed by atoms with Gasteiger partial charge in [-0.3, -0.25) is 9.78 Å². The van der Waals surface area contributed by atoms with Crippen LogP contribution in [0.4, 0.5) is 5.95 Å². The van der Waals surface area contributed by atoms with Crippen LogP contribution in [-0.4, -0.2) is 31.7 Å². The Kier molecular flexibility index (Phi) is 2.30. The molecule has 7 nitrogen and oxygen atoms in total. The van der Waals surface area contributed by atoms with E-state index in [-0.39, 0.29) is 11.6 Å². The molecule has 0 fully saturated rings. The van der Waals surface area contributed by atoms with Crippen LogP contribution in [0.25, 0.3) is 11.2 Å². The summed E-state index contributed by atoms with van der Waals surface area (Å²) in [6, 6.07) is -0.0985. The van der Waals surface area contributed by atoms with Gasteiger partial charge in [0.2, 0.25) is 5.95 Å². The zero-order valence-corrected chi connectivity index (χ0v) is 9.27. The highest BCUT2D eigenvalue weighted by Gasteiger charge is 2.09. The van der Waals surface area contributed by atoms with Crippen molar-refractivity contribution in [2.45, 2.75) is 6.04 Å². The fourth-order valence-corrected chi connectivity index (χ4v) is 1.70. The van der Waals surface area contributed by atoms with E-state index in [4.69, 9.17) is 5.41 Å². The molecule has 0 bridgehead atoms.